The van der Waals surface area contributed by atoms with Crippen LogP contribution in [0.5, 0.6) is 17.2 Å². The Kier molecular flexibility index (Phi) is 2.66. The minimum atomic E-state index is -0.170. The first-order chi connectivity index (χ1) is 7.35. The number of ether oxygens (including phenoxy) is 3. The Labute approximate surface area is 87.4 Å². The Balaban J connectivity index is 2.43. The molecule has 2 rings (SSSR count). The second kappa shape index (κ2) is 4.11. The lowest BCUT2D eigenvalue weighted by molar-refractivity contribution is 0.171. The fraction of sp³-hybridized carbons (Fsp3) is 0.273. The summed E-state index contributed by atoms with van der Waals surface area (Å²) in [6, 6.07) is 3.50. The van der Waals surface area contributed by atoms with Crippen LogP contribution < -0.4 is 14.2 Å². The van der Waals surface area contributed by atoms with E-state index in [-0.39, 0.29) is 13.4 Å². The predicted molar refractivity (Wildman–Crippen MR) is 53.1 cm³/mol. The van der Waals surface area contributed by atoms with Crippen molar-refractivity contribution in [1.29, 1.82) is 0 Å². The van der Waals surface area contributed by atoms with Crippen LogP contribution in [0, 0.1) is 11.8 Å². The first-order valence-electron chi connectivity index (χ1n) is 4.42. The molecule has 0 unspecified atom stereocenters. The molecule has 1 aromatic rings. The van der Waals surface area contributed by atoms with Crippen molar-refractivity contribution in [3.05, 3.63) is 17.7 Å². The topological polar surface area (TPSA) is 47.9 Å². The third kappa shape index (κ3) is 1.83. The summed E-state index contributed by atoms with van der Waals surface area (Å²) in [4.78, 5) is 0. The largest absolute Gasteiger partial charge is 0.493 e. The Morgan fingerprint density at radius 1 is 1.47 bits per heavy atom. The molecule has 0 aromatic heterocycles. The first kappa shape index (κ1) is 9.69. The van der Waals surface area contributed by atoms with Gasteiger partial charge in [-0.15, -0.1) is 0 Å². The molecule has 0 spiro atoms. The van der Waals surface area contributed by atoms with Crippen LogP contribution in [0.1, 0.15) is 5.56 Å². The van der Waals surface area contributed by atoms with Crippen LogP contribution in [0.3, 0.4) is 0 Å². The van der Waals surface area contributed by atoms with Crippen molar-refractivity contribution in [2.75, 3.05) is 20.5 Å². The summed E-state index contributed by atoms with van der Waals surface area (Å²) in [5.41, 5.74) is 0.727. The number of benzene rings is 1. The third-order valence-corrected chi connectivity index (χ3v) is 1.97. The van der Waals surface area contributed by atoms with Gasteiger partial charge in [-0.1, -0.05) is 11.8 Å². The molecule has 15 heavy (non-hydrogen) atoms. The number of fused-ring (bicyclic) bond motifs is 1. The standard InChI is InChI=1S/C11H10O4/c1-13-9-5-8(3-2-4-12)6-10-11(9)15-7-14-10/h5-6,12H,4,7H2,1H3. The second-order valence-corrected chi connectivity index (χ2v) is 2.87. The Morgan fingerprint density at radius 2 is 2.33 bits per heavy atom. The van der Waals surface area contributed by atoms with Gasteiger partial charge >= 0.3 is 0 Å². The second-order valence-electron chi connectivity index (χ2n) is 2.87. The Morgan fingerprint density at radius 3 is 3.07 bits per heavy atom. The average molecular weight is 206 g/mol. The number of hydrogen-bond donors (Lipinski definition) is 1. The highest BCUT2D eigenvalue weighted by Crippen LogP contribution is 2.41. The summed E-state index contributed by atoms with van der Waals surface area (Å²) in [5.74, 6) is 7.16. The predicted octanol–water partition coefficient (Wildman–Crippen LogP) is 0.768. The molecule has 0 atom stereocenters. The van der Waals surface area contributed by atoms with E-state index in [1.807, 2.05) is 0 Å². The van der Waals surface area contributed by atoms with Gasteiger partial charge in [-0.05, 0) is 6.07 Å². The van der Waals surface area contributed by atoms with E-state index in [9.17, 15) is 0 Å². The molecular weight excluding hydrogens is 196 g/mol. The molecule has 0 saturated heterocycles. The smallest absolute Gasteiger partial charge is 0.231 e. The fourth-order valence-electron chi connectivity index (χ4n) is 1.34. The van der Waals surface area contributed by atoms with Crippen molar-refractivity contribution >= 4 is 0 Å². The molecule has 0 saturated carbocycles. The summed E-state index contributed by atoms with van der Waals surface area (Å²) < 4.78 is 15.6. The van der Waals surface area contributed by atoms with Crippen molar-refractivity contribution in [2.45, 2.75) is 0 Å². The van der Waals surface area contributed by atoms with Gasteiger partial charge in [-0.2, -0.15) is 0 Å². The van der Waals surface area contributed by atoms with Crippen LogP contribution in [-0.2, 0) is 0 Å². The molecule has 1 aliphatic rings. The van der Waals surface area contributed by atoms with E-state index in [2.05, 4.69) is 11.8 Å². The maximum atomic E-state index is 8.59. The summed E-state index contributed by atoms with van der Waals surface area (Å²) >= 11 is 0. The number of aliphatic hydroxyl groups excluding tert-OH is 1. The lowest BCUT2D eigenvalue weighted by Gasteiger charge is -2.04. The normalized spacial score (nSPS) is 11.9. The highest BCUT2D eigenvalue weighted by molar-refractivity contribution is 5.58. The number of methoxy groups -OCH3 is 1. The van der Waals surface area contributed by atoms with Crippen LogP contribution in [-0.4, -0.2) is 25.6 Å². The van der Waals surface area contributed by atoms with Crippen molar-refractivity contribution in [3.8, 4) is 29.1 Å². The quantitative estimate of drug-likeness (QED) is 0.689. The zero-order valence-corrected chi connectivity index (χ0v) is 8.24. The molecular formula is C11H10O4. The molecule has 0 radical (unpaired) electrons. The van der Waals surface area contributed by atoms with E-state index in [0.29, 0.717) is 17.2 Å². The SMILES string of the molecule is COc1cc(C#CCO)cc2c1OCO2. The molecule has 0 fully saturated rings. The maximum absolute atomic E-state index is 8.59. The fourth-order valence-corrected chi connectivity index (χ4v) is 1.34. The summed E-state index contributed by atoms with van der Waals surface area (Å²) in [6.45, 7) is 0.0271. The Hall–Kier alpha value is -1.86. The molecule has 4 heteroatoms. The lowest BCUT2D eigenvalue weighted by Crippen LogP contribution is -1.93. The van der Waals surface area contributed by atoms with Crippen molar-refractivity contribution < 1.29 is 19.3 Å². The van der Waals surface area contributed by atoms with Gasteiger partial charge in [0.15, 0.2) is 11.5 Å². The number of hydrogen-bond acceptors (Lipinski definition) is 4. The summed E-state index contributed by atoms with van der Waals surface area (Å²) in [5, 5.41) is 8.59. The highest BCUT2D eigenvalue weighted by Gasteiger charge is 2.19. The molecule has 4 nitrogen and oxygen atoms in total. The molecule has 0 aliphatic carbocycles. The highest BCUT2D eigenvalue weighted by atomic mass is 16.7. The van der Waals surface area contributed by atoms with Crippen LogP contribution in [0.15, 0.2) is 12.1 Å². The zero-order chi connectivity index (χ0) is 10.7. The molecule has 1 N–H and O–H groups in total. The number of rotatable bonds is 1. The average Bonchev–Trinajstić information content (AvgIpc) is 2.73. The van der Waals surface area contributed by atoms with E-state index in [1.54, 1.807) is 19.2 Å². The molecule has 1 aromatic carbocycles. The van der Waals surface area contributed by atoms with Crippen LogP contribution in [0.4, 0.5) is 0 Å². The lowest BCUT2D eigenvalue weighted by atomic mass is 10.2. The minimum absolute atomic E-state index is 0.170. The van der Waals surface area contributed by atoms with E-state index >= 15 is 0 Å². The van der Waals surface area contributed by atoms with Crippen molar-refractivity contribution in [2.24, 2.45) is 0 Å². The molecule has 1 heterocycles. The molecule has 0 bridgehead atoms. The van der Waals surface area contributed by atoms with E-state index in [1.165, 1.54) is 0 Å². The van der Waals surface area contributed by atoms with Gasteiger partial charge in [0, 0.05) is 11.6 Å². The van der Waals surface area contributed by atoms with Gasteiger partial charge < -0.3 is 19.3 Å². The van der Waals surface area contributed by atoms with Crippen LogP contribution >= 0.6 is 0 Å². The molecule has 78 valence electrons. The van der Waals surface area contributed by atoms with Gasteiger partial charge in [0.25, 0.3) is 0 Å². The van der Waals surface area contributed by atoms with Gasteiger partial charge in [0.2, 0.25) is 12.5 Å². The van der Waals surface area contributed by atoms with E-state index < -0.39 is 0 Å². The molecule has 1 aliphatic heterocycles. The van der Waals surface area contributed by atoms with Crippen molar-refractivity contribution in [1.82, 2.24) is 0 Å². The minimum Gasteiger partial charge on any atom is -0.493 e. The summed E-state index contributed by atoms with van der Waals surface area (Å²) in [6.07, 6.45) is 0. The van der Waals surface area contributed by atoms with Gasteiger partial charge in [-0.3, -0.25) is 0 Å². The number of aliphatic hydroxyl groups is 1. The van der Waals surface area contributed by atoms with E-state index in [4.69, 9.17) is 19.3 Å². The Bertz CT molecular complexity index is 428. The third-order valence-electron chi connectivity index (χ3n) is 1.97. The zero-order valence-electron chi connectivity index (χ0n) is 8.24. The van der Waals surface area contributed by atoms with Gasteiger partial charge in [0.1, 0.15) is 6.61 Å². The summed E-state index contributed by atoms with van der Waals surface area (Å²) in [7, 11) is 1.56. The van der Waals surface area contributed by atoms with Gasteiger partial charge in [-0.25, -0.2) is 0 Å². The van der Waals surface area contributed by atoms with Crippen LogP contribution in [0.25, 0.3) is 0 Å². The van der Waals surface area contributed by atoms with E-state index in [0.717, 1.165) is 5.56 Å². The first-order valence-corrected chi connectivity index (χ1v) is 4.42. The van der Waals surface area contributed by atoms with Crippen molar-refractivity contribution in [3.63, 3.8) is 0 Å². The maximum Gasteiger partial charge on any atom is 0.231 e. The van der Waals surface area contributed by atoms with Crippen LogP contribution in [0.2, 0.25) is 0 Å². The molecule has 0 amide bonds. The van der Waals surface area contributed by atoms with Gasteiger partial charge in [0.05, 0.1) is 7.11 Å². The monoisotopic (exact) mass is 206 g/mol.